The molecule has 1 saturated heterocycles. The van der Waals surface area contributed by atoms with Gasteiger partial charge in [-0.2, -0.15) is 6.07 Å². The van der Waals surface area contributed by atoms with E-state index in [1.165, 1.54) is 79.6 Å². The van der Waals surface area contributed by atoms with Crippen LogP contribution in [0.2, 0.25) is 0 Å². The van der Waals surface area contributed by atoms with Gasteiger partial charge in [-0.25, -0.2) is 12.7 Å². The van der Waals surface area contributed by atoms with Gasteiger partial charge in [0.2, 0.25) is 0 Å². The molecule has 0 unspecified atom stereocenters. The maximum absolute atomic E-state index is 11.7. The average molecular weight is 664 g/mol. The van der Waals surface area contributed by atoms with Crippen LogP contribution in [-0.2, 0) is 26.2 Å². The van der Waals surface area contributed by atoms with E-state index in [0.29, 0.717) is 5.75 Å². The third-order valence-electron chi connectivity index (χ3n) is 6.80. The van der Waals surface area contributed by atoms with Crippen LogP contribution < -0.4 is 14.5 Å². The fourth-order valence-electron chi connectivity index (χ4n) is 5.35. The maximum atomic E-state index is 11.7. The van der Waals surface area contributed by atoms with Gasteiger partial charge < -0.3 is 4.74 Å². The second-order valence-corrected chi connectivity index (χ2v) is 14.6. The molecule has 0 bridgehead atoms. The Morgan fingerprint density at radius 2 is 1.29 bits per heavy atom. The van der Waals surface area contributed by atoms with Crippen molar-refractivity contribution in [3.63, 3.8) is 0 Å². The van der Waals surface area contributed by atoms with Crippen molar-refractivity contribution in [1.29, 1.82) is 0 Å². The summed E-state index contributed by atoms with van der Waals surface area (Å²) in [6, 6.07) is 16.5. The van der Waals surface area contributed by atoms with E-state index < -0.39 is 10.0 Å². The molecule has 3 aromatic rings. The van der Waals surface area contributed by atoms with Crippen molar-refractivity contribution < 1.29 is 29.4 Å². The molecule has 1 aliphatic rings. The van der Waals surface area contributed by atoms with Crippen LogP contribution in [-0.4, -0.2) is 55.5 Å². The number of sulfonamides is 1. The number of ether oxygens (including phenoxy) is 1. The van der Waals surface area contributed by atoms with Gasteiger partial charge in [-0.3, -0.25) is 0 Å². The topological polar surface area (TPSA) is 53.1 Å². The zero-order valence-corrected chi connectivity index (χ0v) is 28.6. The van der Waals surface area contributed by atoms with E-state index in [-0.39, 0.29) is 27.2 Å². The second-order valence-electron chi connectivity index (χ2n) is 11.0. The molecule has 0 atom stereocenters. The third-order valence-corrected chi connectivity index (χ3v) is 10.1. The Labute approximate surface area is 254 Å². The molecule has 1 heterocycles. The number of benzene rings is 3. The van der Waals surface area contributed by atoms with E-state index in [0.717, 1.165) is 13.1 Å². The van der Waals surface area contributed by atoms with Crippen LogP contribution in [0, 0.1) is 47.6 Å². The minimum atomic E-state index is -3.38. The van der Waals surface area contributed by atoms with E-state index in [4.69, 9.17) is 4.74 Å². The number of anilines is 2. The van der Waals surface area contributed by atoms with E-state index in [1.807, 2.05) is 13.8 Å². The first-order chi connectivity index (χ1) is 19.2. The summed E-state index contributed by atoms with van der Waals surface area (Å²) >= 11 is -0.0824. The van der Waals surface area contributed by atoms with Gasteiger partial charge in [0.25, 0.3) is 0 Å². The summed E-state index contributed by atoms with van der Waals surface area (Å²) in [7, 11) is -0.388. The number of aryl methyl sites for hydroxylation is 6. The van der Waals surface area contributed by atoms with Gasteiger partial charge in [0.1, 0.15) is 0 Å². The number of nitrogens with zero attached hydrogens (tertiary/aromatic N) is 3. The third kappa shape index (κ3) is 7.60. The fraction of sp³-hybridized carbons (Fsp3) is 0.394. The van der Waals surface area contributed by atoms with Crippen molar-refractivity contribution in [2.24, 2.45) is 0 Å². The normalized spacial score (nSPS) is 13.6. The standard InChI is InChI=1S/C21H26N2.C11H16NO3S.CH2.Ru/c1-14-9-16(3)20(17(4)10-14)22-7-8-23(13-22)21-18(5)11-15(2)12-19(21)6;1-9(2)15-10-5-7-11(8-6-10)16(13,14)12(3)4;;/h9-12H,7-8H2,1-6H3;5,7-9H,1-4H3;1H2;/q;-1;;. The molecule has 0 spiro atoms. The van der Waals surface area contributed by atoms with Crippen molar-refractivity contribution in [3.05, 3.63) is 81.9 Å². The summed E-state index contributed by atoms with van der Waals surface area (Å²) in [4.78, 5) is 5.26. The molecule has 0 radical (unpaired) electrons. The molecule has 1 fully saturated rings. The molecule has 0 N–H and O–H groups in total. The molecule has 224 valence electrons. The predicted octanol–water partition coefficient (Wildman–Crippen LogP) is 5.99. The summed E-state index contributed by atoms with van der Waals surface area (Å²) < 4.78 is 31.4. The van der Waals surface area contributed by atoms with Gasteiger partial charge in [-0.05, 0) is 18.7 Å². The Morgan fingerprint density at radius 1 is 0.854 bits per heavy atom. The summed E-state index contributed by atoms with van der Waals surface area (Å²) in [6.07, 6.45) is 0.0487. The van der Waals surface area contributed by atoms with Crippen LogP contribution >= 0.6 is 0 Å². The first kappa shape index (κ1) is 32.8. The second kappa shape index (κ2) is 13.5. The summed E-state index contributed by atoms with van der Waals surface area (Å²) in [5.41, 5.74) is 10.9. The molecule has 8 heteroatoms. The molecule has 0 saturated carbocycles. The van der Waals surface area contributed by atoms with Crippen molar-refractivity contribution in [2.75, 3.05) is 37.0 Å². The van der Waals surface area contributed by atoms with Crippen molar-refractivity contribution in [3.8, 4) is 5.75 Å². The fourth-order valence-corrected chi connectivity index (χ4v) is 7.66. The number of hydrogen-bond donors (Lipinski definition) is 0. The summed E-state index contributed by atoms with van der Waals surface area (Å²) in [5.74, 6) is 0.549. The van der Waals surface area contributed by atoms with Gasteiger partial charge in [0, 0.05) is 19.8 Å². The summed E-state index contributed by atoms with van der Waals surface area (Å²) in [5, 5.41) is 4.34. The SMILES string of the molecule is CC(C)Oc1[c-]cc(S(=O)(=O)N(C)C)cc1.[CH2]=[Ru]=[C]1N(c2c(C)cc(C)cc2C)CCN1c1c(C)cc(C)cc1C. The number of rotatable bonds is 6. The van der Waals surface area contributed by atoms with E-state index >= 15 is 0 Å². The molecule has 0 aliphatic carbocycles. The Balaban J connectivity index is 0.000000250. The van der Waals surface area contributed by atoms with Crippen molar-refractivity contribution in [2.45, 2.75) is 66.4 Å². The molecule has 4 rings (SSSR count). The summed E-state index contributed by atoms with van der Waals surface area (Å²) in [6.45, 7) is 19.2. The molecular weight excluding hydrogens is 620 g/mol. The van der Waals surface area contributed by atoms with Crippen LogP contribution in [0.15, 0.2) is 47.4 Å². The predicted molar refractivity (Wildman–Crippen MR) is 170 cm³/mol. The zero-order chi connectivity index (χ0) is 30.6. The Kier molecular flexibility index (Phi) is 10.8. The van der Waals surface area contributed by atoms with Crippen molar-refractivity contribution in [1.82, 2.24) is 4.31 Å². The van der Waals surface area contributed by atoms with Gasteiger partial charge in [0.05, 0.1) is 6.10 Å². The molecule has 1 aliphatic heterocycles. The van der Waals surface area contributed by atoms with Gasteiger partial charge in [-0.15, -0.1) is 18.2 Å². The average Bonchev–Trinajstić information content (AvgIpc) is 3.26. The Morgan fingerprint density at radius 3 is 1.61 bits per heavy atom. The van der Waals surface area contributed by atoms with E-state index in [9.17, 15) is 8.42 Å². The molecule has 41 heavy (non-hydrogen) atoms. The first-order valence-corrected chi connectivity index (χ1v) is 17.2. The minimum absolute atomic E-state index is 0.0487. The van der Waals surface area contributed by atoms with Gasteiger partial charge in [-0.1, -0.05) is 0 Å². The molecule has 0 aromatic heterocycles. The van der Waals surface area contributed by atoms with Crippen molar-refractivity contribution >= 4 is 30.9 Å². The first-order valence-electron chi connectivity index (χ1n) is 13.7. The zero-order valence-electron chi connectivity index (χ0n) is 26.1. The van der Waals surface area contributed by atoms with E-state index in [2.05, 4.69) is 86.8 Å². The quantitative estimate of drug-likeness (QED) is 0.240. The van der Waals surface area contributed by atoms with Crippen LogP contribution in [0.5, 0.6) is 5.75 Å². The molecule has 3 aromatic carbocycles. The van der Waals surface area contributed by atoms with Crippen LogP contribution in [0.25, 0.3) is 0 Å². The monoisotopic (exact) mass is 664 g/mol. The molecular formula is C33H44N3O3RuS-. The Hall–Kier alpha value is -2.67. The van der Waals surface area contributed by atoms with Crippen LogP contribution in [0.3, 0.4) is 0 Å². The van der Waals surface area contributed by atoms with Crippen LogP contribution in [0.1, 0.15) is 47.2 Å². The van der Waals surface area contributed by atoms with Crippen LogP contribution in [0.4, 0.5) is 11.4 Å². The molecule has 0 amide bonds. The molecule has 6 nitrogen and oxygen atoms in total. The van der Waals surface area contributed by atoms with E-state index in [1.54, 1.807) is 6.07 Å². The van der Waals surface area contributed by atoms with Gasteiger partial charge >= 0.3 is 159 Å². The Bertz CT molecular complexity index is 1440. The number of hydrogen-bond acceptors (Lipinski definition) is 5. The van der Waals surface area contributed by atoms with Gasteiger partial charge in [0.15, 0.2) is 10.0 Å².